The number of hydrogen-bond donors (Lipinski definition) is 0. The maximum absolute atomic E-state index is 12.8. The van der Waals surface area contributed by atoms with Crippen LogP contribution < -0.4 is 9.64 Å². The van der Waals surface area contributed by atoms with Crippen LogP contribution in [-0.4, -0.2) is 33.6 Å². The minimum atomic E-state index is -0.521. The highest BCUT2D eigenvalue weighted by atomic mass is 32.2. The molecule has 4 rings (SSSR count). The average molecular weight is 393 g/mol. The van der Waals surface area contributed by atoms with Crippen molar-refractivity contribution >= 4 is 40.2 Å². The van der Waals surface area contributed by atoms with Gasteiger partial charge in [-0.05, 0) is 44.2 Å². The molecule has 0 aliphatic carbocycles. The van der Waals surface area contributed by atoms with E-state index in [9.17, 15) is 9.59 Å². The fourth-order valence-corrected chi connectivity index (χ4v) is 4.24. The van der Waals surface area contributed by atoms with E-state index in [0.29, 0.717) is 17.5 Å². The number of benzene rings is 2. The van der Waals surface area contributed by atoms with E-state index in [1.165, 1.54) is 16.7 Å². The number of thioether (sulfide) groups is 1. The van der Waals surface area contributed by atoms with E-state index >= 15 is 0 Å². The van der Waals surface area contributed by atoms with E-state index in [1.54, 1.807) is 12.1 Å². The zero-order valence-corrected chi connectivity index (χ0v) is 16.4. The molecule has 6 nitrogen and oxygen atoms in total. The summed E-state index contributed by atoms with van der Waals surface area (Å²) in [5, 5.41) is 0.887. The molecule has 2 aromatic carbocycles. The highest BCUT2D eigenvalue weighted by molar-refractivity contribution is 8.00. The molecule has 1 aliphatic rings. The third-order valence-corrected chi connectivity index (χ3v) is 5.56. The van der Waals surface area contributed by atoms with E-state index in [4.69, 9.17) is 4.74 Å². The van der Waals surface area contributed by atoms with Gasteiger partial charge in [0.25, 0.3) is 0 Å². The topological polar surface area (TPSA) is 72.4 Å². The number of aryl methyl sites for hydroxylation is 1. The van der Waals surface area contributed by atoms with Crippen molar-refractivity contribution in [2.24, 2.45) is 0 Å². The summed E-state index contributed by atoms with van der Waals surface area (Å²) in [5.41, 5.74) is 2.19. The van der Waals surface area contributed by atoms with Gasteiger partial charge < -0.3 is 4.74 Å². The van der Waals surface area contributed by atoms with E-state index in [1.807, 2.05) is 50.2 Å². The molecule has 2 heterocycles. The maximum atomic E-state index is 12.8. The fraction of sp³-hybridized carbons (Fsp3) is 0.238. The van der Waals surface area contributed by atoms with Gasteiger partial charge >= 0.3 is 0 Å². The minimum absolute atomic E-state index is 0.141. The van der Waals surface area contributed by atoms with Gasteiger partial charge in [0, 0.05) is 17.5 Å². The maximum Gasteiger partial charge on any atom is 0.247 e. The van der Waals surface area contributed by atoms with Crippen molar-refractivity contribution in [1.29, 1.82) is 0 Å². The van der Waals surface area contributed by atoms with Gasteiger partial charge in [0.1, 0.15) is 11.0 Å². The SMILES string of the molecule is CCOc1ccc2nc(S[C@H]3CC(=O)N(c4ccccc4)C3=O)nc(C)c2c1. The Morgan fingerprint density at radius 2 is 1.93 bits per heavy atom. The second-order valence-corrected chi connectivity index (χ2v) is 7.59. The normalized spacial score (nSPS) is 16.8. The molecular formula is C21H19N3O3S. The summed E-state index contributed by atoms with van der Waals surface area (Å²) >= 11 is 1.24. The standard InChI is InChI=1S/C21H19N3O3S/c1-3-27-15-9-10-17-16(11-15)13(2)22-21(23-17)28-18-12-19(25)24(20(18)26)14-7-5-4-6-8-14/h4-11,18H,3,12H2,1-2H3/t18-/m0/s1. The summed E-state index contributed by atoms with van der Waals surface area (Å²) in [6.07, 6.45) is 0.141. The zero-order valence-electron chi connectivity index (χ0n) is 15.6. The number of nitrogens with zero attached hydrogens (tertiary/aromatic N) is 3. The number of amides is 2. The van der Waals surface area contributed by atoms with Gasteiger partial charge in [-0.3, -0.25) is 9.59 Å². The quantitative estimate of drug-likeness (QED) is 0.485. The fourth-order valence-electron chi connectivity index (χ4n) is 3.22. The molecule has 3 aromatic rings. The average Bonchev–Trinajstić information content (AvgIpc) is 2.96. The molecule has 142 valence electrons. The first-order chi connectivity index (χ1) is 13.6. The van der Waals surface area contributed by atoms with Crippen molar-refractivity contribution in [1.82, 2.24) is 9.97 Å². The molecule has 1 atom stereocenters. The first-order valence-corrected chi connectivity index (χ1v) is 9.94. The number of imide groups is 1. The lowest BCUT2D eigenvalue weighted by Crippen LogP contribution is -2.31. The Morgan fingerprint density at radius 3 is 2.68 bits per heavy atom. The summed E-state index contributed by atoms with van der Waals surface area (Å²) in [5.74, 6) is 0.346. The number of ether oxygens (including phenoxy) is 1. The molecule has 0 bridgehead atoms. The van der Waals surface area contributed by atoms with E-state index in [-0.39, 0.29) is 18.2 Å². The predicted molar refractivity (Wildman–Crippen MR) is 109 cm³/mol. The molecular weight excluding hydrogens is 374 g/mol. The molecule has 0 radical (unpaired) electrons. The van der Waals surface area contributed by atoms with Crippen LogP contribution in [0.25, 0.3) is 10.9 Å². The second-order valence-electron chi connectivity index (χ2n) is 6.42. The number of anilines is 1. The lowest BCUT2D eigenvalue weighted by atomic mass is 10.2. The zero-order chi connectivity index (χ0) is 19.7. The molecule has 1 fully saturated rings. The first kappa shape index (κ1) is 18.4. The molecule has 0 spiro atoms. The van der Waals surface area contributed by atoms with Crippen molar-refractivity contribution in [3.05, 3.63) is 54.2 Å². The largest absolute Gasteiger partial charge is 0.494 e. The highest BCUT2D eigenvalue weighted by Gasteiger charge is 2.40. The van der Waals surface area contributed by atoms with E-state index in [0.717, 1.165) is 22.3 Å². The van der Waals surface area contributed by atoms with Crippen molar-refractivity contribution in [2.75, 3.05) is 11.5 Å². The molecule has 1 aliphatic heterocycles. The van der Waals surface area contributed by atoms with Crippen LogP contribution in [0, 0.1) is 6.92 Å². The van der Waals surface area contributed by atoms with Gasteiger partial charge in [-0.15, -0.1) is 0 Å². The summed E-state index contributed by atoms with van der Waals surface area (Å²) < 4.78 is 5.54. The lowest BCUT2D eigenvalue weighted by molar-refractivity contribution is -0.121. The van der Waals surface area contributed by atoms with Crippen molar-refractivity contribution in [3.8, 4) is 5.75 Å². The monoisotopic (exact) mass is 393 g/mol. The van der Waals surface area contributed by atoms with Crippen LogP contribution in [0.5, 0.6) is 5.75 Å². The van der Waals surface area contributed by atoms with Crippen LogP contribution in [0.1, 0.15) is 19.0 Å². The Kier molecular flexibility index (Phi) is 5.00. The number of para-hydroxylation sites is 1. The number of aromatic nitrogens is 2. The lowest BCUT2D eigenvalue weighted by Gasteiger charge is -2.14. The van der Waals surface area contributed by atoms with Crippen molar-refractivity contribution in [3.63, 3.8) is 0 Å². The third kappa shape index (κ3) is 3.45. The molecule has 1 saturated heterocycles. The number of fused-ring (bicyclic) bond motifs is 1. The molecule has 2 amide bonds. The van der Waals surface area contributed by atoms with Crippen molar-refractivity contribution < 1.29 is 14.3 Å². The summed E-state index contributed by atoms with van der Waals surface area (Å²) in [6, 6.07) is 14.7. The Balaban J connectivity index is 1.59. The van der Waals surface area contributed by atoms with Gasteiger partial charge in [-0.2, -0.15) is 0 Å². The van der Waals surface area contributed by atoms with Gasteiger partial charge in [-0.25, -0.2) is 14.9 Å². The van der Waals surface area contributed by atoms with Crippen LogP contribution in [-0.2, 0) is 9.59 Å². The highest BCUT2D eigenvalue weighted by Crippen LogP contribution is 2.33. The Labute approximate surface area is 166 Å². The second kappa shape index (κ2) is 7.59. The van der Waals surface area contributed by atoms with E-state index < -0.39 is 5.25 Å². The molecule has 0 N–H and O–H groups in total. The smallest absolute Gasteiger partial charge is 0.247 e. The number of hydrogen-bond acceptors (Lipinski definition) is 6. The number of carbonyl (C=O) groups excluding carboxylic acids is 2. The van der Waals surface area contributed by atoms with Crippen LogP contribution in [0.2, 0.25) is 0 Å². The van der Waals surface area contributed by atoms with Crippen molar-refractivity contribution in [2.45, 2.75) is 30.7 Å². The molecule has 1 aromatic heterocycles. The Morgan fingerprint density at radius 1 is 1.14 bits per heavy atom. The van der Waals surface area contributed by atoms with Gasteiger partial charge in [0.2, 0.25) is 11.8 Å². The van der Waals surface area contributed by atoms with Crippen LogP contribution in [0.3, 0.4) is 0 Å². The van der Waals surface area contributed by atoms with Gasteiger partial charge in [0.15, 0.2) is 5.16 Å². The first-order valence-electron chi connectivity index (χ1n) is 9.06. The minimum Gasteiger partial charge on any atom is -0.494 e. The van der Waals surface area contributed by atoms with E-state index in [2.05, 4.69) is 9.97 Å². The Hall–Kier alpha value is -2.93. The third-order valence-electron chi connectivity index (χ3n) is 4.52. The van der Waals surface area contributed by atoms with Crippen LogP contribution in [0.4, 0.5) is 5.69 Å². The molecule has 0 saturated carbocycles. The van der Waals surface area contributed by atoms with Crippen LogP contribution in [0.15, 0.2) is 53.7 Å². The molecule has 7 heteroatoms. The van der Waals surface area contributed by atoms with Crippen LogP contribution >= 0.6 is 11.8 Å². The number of carbonyl (C=O) groups is 2. The predicted octanol–water partition coefficient (Wildman–Crippen LogP) is 3.76. The summed E-state index contributed by atoms with van der Waals surface area (Å²) in [7, 11) is 0. The summed E-state index contributed by atoms with van der Waals surface area (Å²) in [6.45, 7) is 4.43. The van der Waals surface area contributed by atoms with Gasteiger partial charge in [-0.1, -0.05) is 30.0 Å². The molecule has 0 unspecified atom stereocenters. The molecule has 28 heavy (non-hydrogen) atoms. The Bertz CT molecular complexity index is 1060. The summed E-state index contributed by atoms with van der Waals surface area (Å²) in [4.78, 5) is 35.6. The number of rotatable bonds is 5. The van der Waals surface area contributed by atoms with Gasteiger partial charge in [0.05, 0.1) is 17.8 Å².